The summed E-state index contributed by atoms with van der Waals surface area (Å²) in [6, 6.07) is 1.32. The van der Waals surface area contributed by atoms with Crippen molar-refractivity contribution in [1.82, 2.24) is 4.98 Å². The Hall–Kier alpha value is -0.910. The van der Waals surface area contributed by atoms with Gasteiger partial charge in [0.2, 0.25) is 0 Å². The standard InChI is InChI=1S/C11H9ClFNO2S/c1-11(4-15)3-5-8(16-11)6(13)2-7-9(5)17-10(12)14-7/h2,15H,3-4H2,1H3/t11-/m0/s1. The number of hydrogen-bond acceptors (Lipinski definition) is 4. The van der Waals surface area contributed by atoms with E-state index in [2.05, 4.69) is 4.98 Å². The summed E-state index contributed by atoms with van der Waals surface area (Å²) in [5.74, 6) is -0.235. The molecule has 0 radical (unpaired) electrons. The second kappa shape index (κ2) is 3.54. The number of hydrogen-bond donors (Lipinski definition) is 1. The lowest BCUT2D eigenvalue weighted by molar-refractivity contribution is 0.0421. The fourth-order valence-corrected chi connectivity index (χ4v) is 3.20. The van der Waals surface area contributed by atoms with Crippen LogP contribution in [-0.2, 0) is 6.42 Å². The van der Waals surface area contributed by atoms with Gasteiger partial charge in [0.25, 0.3) is 0 Å². The van der Waals surface area contributed by atoms with E-state index in [-0.39, 0.29) is 12.4 Å². The molecule has 0 saturated heterocycles. The Labute approximate surface area is 106 Å². The van der Waals surface area contributed by atoms with Crippen LogP contribution in [0.15, 0.2) is 6.07 Å². The summed E-state index contributed by atoms with van der Waals surface area (Å²) in [4.78, 5) is 4.05. The first kappa shape index (κ1) is 11.2. The predicted octanol–water partition coefficient (Wildman–Crippen LogP) is 2.77. The molecule has 0 fully saturated rings. The number of rotatable bonds is 1. The minimum Gasteiger partial charge on any atom is -0.481 e. The third kappa shape index (κ3) is 1.61. The molecule has 0 bridgehead atoms. The highest BCUT2D eigenvalue weighted by Gasteiger charge is 2.38. The second-order valence-corrected chi connectivity index (χ2v) is 5.95. The summed E-state index contributed by atoms with van der Waals surface area (Å²) in [6.07, 6.45) is 0.464. The average molecular weight is 274 g/mol. The van der Waals surface area contributed by atoms with Gasteiger partial charge in [-0.3, -0.25) is 0 Å². The van der Waals surface area contributed by atoms with Crippen molar-refractivity contribution in [3.05, 3.63) is 21.9 Å². The van der Waals surface area contributed by atoms with E-state index in [1.54, 1.807) is 6.92 Å². The van der Waals surface area contributed by atoms with E-state index >= 15 is 0 Å². The number of thiazole rings is 1. The molecule has 0 aliphatic carbocycles. The van der Waals surface area contributed by atoms with Crippen LogP contribution >= 0.6 is 22.9 Å². The lowest BCUT2D eigenvalue weighted by atomic mass is 10.0. The molecule has 1 atom stereocenters. The van der Waals surface area contributed by atoms with Gasteiger partial charge in [-0.2, -0.15) is 0 Å². The summed E-state index contributed by atoms with van der Waals surface area (Å²) in [5, 5.41) is 9.28. The number of benzene rings is 1. The quantitative estimate of drug-likeness (QED) is 0.869. The highest BCUT2D eigenvalue weighted by atomic mass is 35.5. The molecule has 1 N–H and O–H groups in total. The summed E-state index contributed by atoms with van der Waals surface area (Å²) < 4.78 is 20.5. The van der Waals surface area contributed by atoms with E-state index in [9.17, 15) is 9.50 Å². The predicted molar refractivity (Wildman–Crippen MR) is 64.4 cm³/mol. The van der Waals surface area contributed by atoms with Gasteiger partial charge in [-0.05, 0) is 6.92 Å². The van der Waals surface area contributed by atoms with E-state index in [0.717, 1.165) is 10.3 Å². The maximum atomic E-state index is 13.8. The van der Waals surface area contributed by atoms with Crippen molar-refractivity contribution in [2.45, 2.75) is 18.9 Å². The Morgan fingerprint density at radius 2 is 2.47 bits per heavy atom. The molecule has 1 aliphatic heterocycles. The van der Waals surface area contributed by atoms with Crippen molar-refractivity contribution in [2.24, 2.45) is 0 Å². The SMILES string of the molecule is C[C@@]1(CO)Cc2c(c(F)cc3nc(Cl)sc23)O1. The number of halogens is 2. The number of aliphatic hydroxyl groups is 1. The van der Waals surface area contributed by atoms with E-state index < -0.39 is 11.4 Å². The molecule has 0 saturated carbocycles. The summed E-state index contributed by atoms with van der Waals surface area (Å²) in [6.45, 7) is 1.59. The van der Waals surface area contributed by atoms with Gasteiger partial charge in [0.1, 0.15) is 5.60 Å². The highest BCUT2D eigenvalue weighted by molar-refractivity contribution is 7.22. The molecule has 3 rings (SSSR count). The second-order valence-electron chi connectivity index (χ2n) is 4.37. The largest absolute Gasteiger partial charge is 0.481 e. The van der Waals surface area contributed by atoms with Crippen molar-refractivity contribution in [3.63, 3.8) is 0 Å². The highest BCUT2D eigenvalue weighted by Crippen LogP contribution is 2.43. The Bertz CT molecular complexity index is 615. The maximum Gasteiger partial charge on any atom is 0.184 e. The molecule has 0 unspecified atom stereocenters. The first-order valence-electron chi connectivity index (χ1n) is 5.10. The van der Waals surface area contributed by atoms with Crippen LogP contribution in [0.2, 0.25) is 4.47 Å². The van der Waals surface area contributed by atoms with Gasteiger partial charge in [-0.25, -0.2) is 9.37 Å². The number of aliphatic hydroxyl groups excluding tert-OH is 1. The summed E-state index contributed by atoms with van der Waals surface area (Å²) in [5.41, 5.74) is 0.538. The number of nitrogens with zero attached hydrogens (tertiary/aromatic N) is 1. The van der Waals surface area contributed by atoms with Crippen molar-refractivity contribution in [2.75, 3.05) is 6.61 Å². The van der Waals surface area contributed by atoms with Gasteiger partial charge in [-0.15, -0.1) is 11.3 Å². The third-order valence-electron chi connectivity index (χ3n) is 2.89. The zero-order valence-electron chi connectivity index (χ0n) is 8.96. The van der Waals surface area contributed by atoms with Crippen molar-refractivity contribution in [1.29, 1.82) is 0 Å². The van der Waals surface area contributed by atoms with Gasteiger partial charge >= 0.3 is 0 Å². The third-order valence-corrected chi connectivity index (χ3v) is 4.12. The molecule has 1 aliphatic rings. The van der Waals surface area contributed by atoms with Gasteiger partial charge in [-0.1, -0.05) is 11.6 Å². The van der Waals surface area contributed by atoms with Crippen LogP contribution in [0.3, 0.4) is 0 Å². The average Bonchev–Trinajstić information content (AvgIpc) is 2.80. The fourth-order valence-electron chi connectivity index (χ4n) is 2.07. The van der Waals surface area contributed by atoms with E-state index in [1.165, 1.54) is 17.4 Å². The minimum absolute atomic E-state index is 0.158. The summed E-state index contributed by atoms with van der Waals surface area (Å²) >= 11 is 7.14. The Kier molecular flexibility index (Phi) is 2.33. The molecule has 0 spiro atoms. The van der Waals surface area contributed by atoms with E-state index in [1.807, 2.05) is 0 Å². The lowest BCUT2D eigenvalue weighted by Gasteiger charge is -2.20. The van der Waals surface area contributed by atoms with Crippen molar-refractivity contribution in [3.8, 4) is 5.75 Å². The normalized spacial score (nSPS) is 22.8. The molecule has 2 heterocycles. The molecule has 2 aromatic rings. The van der Waals surface area contributed by atoms with Crippen LogP contribution in [0.1, 0.15) is 12.5 Å². The molecule has 1 aromatic heterocycles. The number of fused-ring (bicyclic) bond motifs is 3. The van der Waals surface area contributed by atoms with E-state index in [4.69, 9.17) is 16.3 Å². The smallest absolute Gasteiger partial charge is 0.184 e. The van der Waals surface area contributed by atoms with Crippen LogP contribution in [0.4, 0.5) is 4.39 Å². The van der Waals surface area contributed by atoms with Gasteiger partial charge in [0.15, 0.2) is 16.0 Å². The molecule has 17 heavy (non-hydrogen) atoms. The molecule has 1 aromatic carbocycles. The topological polar surface area (TPSA) is 42.4 Å². The van der Waals surface area contributed by atoms with Crippen LogP contribution in [-0.4, -0.2) is 22.3 Å². The number of ether oxygens (including phenoxy) is 1. The Morgan fingerprint density at radius 1 is 1.71 bits per heavy atom. The first-order chi connectivity index (χ1) is 8.02. The number of aromatic nitrogens is 1. The molecule has 0 amide bonds. The van der Waals surface area contributed by atoms with Crippen LogP contribution in [0, 0.1) is 5.82 Å². The Balaban J connectivity index is 2.27. The fraction of sp³-hybridized carbons (Fsp3) is 0.364. The molecule has 3 nitrogen and oxygen atoms in total. The van der Waals surface area contributed by atoms with Crippen LogP contribution < -0.4 is 4.74 Å². The molecular weight excluding hydrogens is 265 g/mol. The Morgan fingerprint density at radius 3 is 3.18 bits per heavy atom. The van der Waals surface area contributed by atoms with E-state index in [0.29, 0.717) is 16.4 Å². The van der Waals surface area contributed by atoms with Crippen LogP contribution in [0.25, 0.3) is 10.2 Å². The first-order valence-corrected chi connectivity index (χ1v) is 6.29. The lowest BCUT2D eigenvalue weighted by Crippen LogP contribution is -2.34. The van der Waals surface area contributed by atoms with Crippen LogP contribution in [0.5, 0.6) is 5.75 Å². The van der Waals surface area contributed by atoms with Crippen molar-refractivity contribution < 1.29 is 14.2 Å². The molecule has 90 valence electrons. The zero-order valence-corrected chi connectivity index (χ0v) is 10.5. The molecule has 6 heteroatoms. The molecular formula is C11H9ClFNO2S. The monoisotopic (exact) mass is 273 g/mol. The minimum atomic E-state index is -0.756. The maximum absolute atomic E-state index is 13.8. The van der Waals surface area contributed by atoms with Gasteiger partial charge in [0.05, 0.1) is 16.8 Å². The summed E-state index contributed by atoms with van der Waals surface area (Å²) in [7, 11) is 0. The zero-order chi connectivity index (χ0) is 12.2. The van der Waals surface area contributed by atoms with Crippen molar-refractivity contribution >= 4 is 33.2 Å². The van der Waals surface area contributed by atoms with Gasteiger partial charge < -0.3 is 9.84 Å². The van der Waals surface area contributed by atoms with Gasteiger partial charge in [0, 0.05) is 18.1 Å².